The molecule has 3 N–H and O–H groups in total. The summed E-state index contributed by atoms with van der Waals surface area (Å²) < 4.78 is 81.2. The molecule has 4 unspecified atom stereocenters. The second kappa shape index (κ2) is 14.2. The SMILES string of the molecule is COc1cccc2c1C(=O)c1c(O)c3c(c(O)c1C2=O)CC(C(=O)COC(O)OC(C)C)C[C@@H]3OC1CC[C@H](OS(=O)C(F)(F)F)CO1. The number of benzene rings is 2. The van der Waals surface area contributed by atoms with Crippen LogP contribution in [0.3, 0.4) is 0 Å². The number of ketones is 3. The topological polar surface area (TPSA) is 184 Å². The second-order valence-corrected chi connectivity index (χ2v) is 12.8. The fourth-order valence-corrected chi connectivity index (χ4v) is 6.55. The molecule has 1 saturated heterocycles. The molecule has 0 saturated carbocycles. The van der Waals surface area contributed by atoms with Crippen LogP contribution >= 0.6 is 0 Å². The van der Waals surface area contributed by atoms with Crippen LogP contribution in [0.1, 0.15) is 82.2 Å². The van der Waals surface area contributed by atoms with E-state index in [2.05, 4.69) is 4.18 Å². The molecule has 1 aliphatic heterocycles. The van der Waals surface area contributed by atoms with Crippen LogP contribution in [0.4, 0.5) is 13.2 Å². The van der Waals surface area contributed by atoms with Gasteiger partial charge in [-0.25, -0.2) is 4.21 Å². The zero-order valence-electron chi connectivity index (χ0n) is 25.9. The highest BCUT2D eigenvalue weighted by molar-refractivity contribution is 7.81. The second-order valence-electron chi connectivity index (χ2n) is 11.7. The fraction of sp³-hybridized carbons (Fsp3) is 0.516. The predicted molar refractivity (Wildman–Crippen MR) is 156 cm³/mol. The van der Waals surface area contributed by atoms with Crippen LogP contribution < -0.4 is 4.74 Å². The molecule has 48 heavy (non-hydrogen) atoms. The Hall–Kier alpha value is -3.45. The van der Waals surface area contributed by atoms with Crippen molar-refractivity contribution < 1.29 is 75.0 Å². The first kappa shape index (κ1) is 35.8. The Morgan fingerprint density at radius 3 is 2.42 bits per heavy atom. The Kier molecular flexibility index (Phi) is 10.6. The summed E-state index contributed by atoms with van der Waals surface area (Å²) in [6, 6.07) is 4.32. The molecule has 2 aromatic carbocycles. The number of carbonyl (C=O) groups excluding carboxylic acids is 3. The molecule has 0 spiro atoms. The first-order chi connectivity index (χ1) is 22.6. The number of halogens is 3. The summed E-state index contributed by atoms with van der Waals surface area (Å²) in [4.78, 5) is 40.8. The molecule has 5 rings (SSSR count). The van der Waals surface area contributed by atoms with Gasteiger partial charge >= 0.3 is 5.51 Å². The van der Waals surface area contributed by atoms with Crippen molar-refractivity contribution in [3.63, 3.8) is 0 Å². The van der Waals surface area contributed by atoms with Gasteiger partial charge in [-0.05, 0) is 39.2 Å². The minimum Gasteiger partial charge on any atom is -0.507 e. The van der Waals surface area contributed by atoms with E-state index in [4.69, 9.17) is 23.7 Å². The van der Waals surface area contributed by atoms with Gasteiger partial charge in [0.2, 0.25) is 5.78 Å². The highest BCUT2D eigenvalue weighted by Crippen LogP contribution is 2.51. The summed E-state index contributed by atoms with van der Waals surface area (Å²) in [7, 11) is 1.30. The zero-order valence-corrected chi connectivity index (χ0v) is 26.7. The summed E-state index contributed by atoms with van der Waals surface area (Å²) >= 11 is -3.56. The third-order valence-electron chi connectivity index (χ3n) is 8.17. The number of phenolic OH excluding ortho intramolecular Hbond substituents is 2. The van der Waals surface area contributed by atoms with Crippen LogP contribution in [0.15, 0.2) is 18.2 Å². The van der Waals surface area contributed by atoms with E-state index >= 15 is 0 Å². The van der Waals surface area contributed by atoms with E-state index in [0.29, 0.717) is 0 Å². The smallest absolute Gasteiger partial charge is 0.497 e. The summed E-state index contributed by atoms with van der Waals surface area (Å²) in [5.74, 6) is -4.34. The van der Waals surface area contributed by atoms with Gasteiger partial charge in [0.15, 0.2) is 17.9 Å². The van der Waals surface area contributed by atoms with E-state index in [1.165, 1.54) is 25.3 Å². The number of aliphatic hydroxyl groups excluding tert-OH is 1. The maximum Gasteiger partial charge on any atom is 0.497 e. The van der Waals surface area contributed by atoms with Crippen molar-refractivity contribution in [3.8, 4) is 17.2 Å². The normalized spacial score (nSPS) is 23.7. The van der Waals surface area contributed by atoms with Gasteiger partial charge in [0.05, 0.1) is 48.7 Å². The van der Waals surface area contributed by atoms with Crippen LogP contribution in [-0.2, 0) is 45.4 Å². The van der Waals surface area contributed by atoms with Gasteiger partial charge in [0, 0.05) is 29.0 Å². The molecular formula is C31H33F3O13S. The number of alkyl halides is 3. The molecule has 0 bridgehead atoms. The highest BCUT2D eigenvalue weighted by atomic mass is 32.2. The van der Waals surface area contributed by atoms with Gasteiger partial charge in [-0.1, -0.05) is 12.1 Å². The van der Waals surface area contributed by atoms with Crippen molar-refractivity contribution in [3.05, 3.63) is 51.6 Å². The summed E-state index contributed by atoms with van der Waals surface area (Å²) in [5, 5.41) is 33.1. The highest BCUT2D eigenvalue weighted by Gasteiger charge is 2.45. The lowest BCUT2D eigenvalue weighted by molar-refractivity contribution is -0.274. The number of hydrogen-bond acceptors (Lipinski definition) is 13. The molecule has 17 heteroatoms. The number of phenols is 2. The maximum atomic E-state index is 13.8. The van der Waals surface area contributed by atoms with E-state index < -0.39 is 107 Å². The fourth-order valence-electron chi connectivity index (χ4n) is 6.04. The molecule has 13 nitrogen and oxygen atoms in total. The van der Waals surface area contributed by atoms with Gasteiger partial charge in [0.1, 0.15) is 23.9 Å². The zero-order chi connectivity index (χ0) is 35.1. The molecule has 2 aromatic rings. The molecular weight excluding hydrogens is 669 g/mol. The summed E-state index contributed by atoms with van der Waals surface area (Å²) in [5.41, 5.74) is -6.36. The van der Waals surface area contributed by atoms with Crippen LogP contribution in [0.2, 0.25) is 0 Å². The van der Waals surface area contributed by atoms with Crippen molar-refractivity contribution in [1.29, 1.82) is 0 Å². The van der Waals surface area contributed by atoms with E-state index in [1.807, 2.05) is 0 Å². The molecule has 0 aromatic heterocycles. The maximum absolute atomic E-state index is 13.8. The number of carbonyl (C=O) groups is 3. The molecule has 6 atom stereocenters. The van der Waals surface area contributed by atoms with Gasteiger partial charge in [-0.15, -0.1) is 0 Å². The Balaban J connectivity index is 1.48. The quantitative estimate of drug-likeness (QED) is 0.195. The van der Waals surface area contributed by atoms with Crippen LogP contribution in [0.5, 0.6) is 17.2 Å². The number of ether oxygens (including phenoxy) is 5. The van der Waals surface area contributed by atoms with Crippen molar-refractivity contribution in [2.45, 2.75) is 76.1 Å². The monoisotopic (exact) mass is 702 g/mol. The van der Waals surface area contributed by atoms with E-state index in [1.54, 1.807) is 13.8 Å². The molecule has 1 heterocycles. The number of fused-ring (bicyclic) bond motifs is 3. The number of aromatic hydroxyl groups is 2. The van der Waals surface area contributed by atoms with Crippen molar-refractivity contribution >= 4 is 28.4 Å². The molecule has 3 aliphatic rings. The van der Waals surface area contributed by atoms with Crippen molar-refractivity contribution in [2.24, 2.45) is 5.92 Å². The van der Waals surface area contributed by atoms with Gasteiger partial charge in [0.25, 0.3) is 17.6 Å². The minimum absolute atomic E-state index is 0.0499. The van der Waals surface area contributed by atoms with E-state index in [0.717, 1.165) is 0 Å². The number of hydrogen-bond donors (Lipinski definition) is 3. The van der Waals surface area contributed by atoms with E-state index in [9.17, 15) is 47.1 Å². The lowest BCUT2D eigenvalue weighted by Gasteiger charge is -2.37. The number of aliphatic hydroxyl groups is 1. The van der Waals surface area contributed by atoms with Gasteiger partial charge < -0.3 is 39.0 Å². The first-order valence-corrected chi connectivity index (χ1v) is 16.0. The van der Waals surface area contributed by atoms with Gasteiger partial charge in [-0.2, -0.15) is 13.2 Å². The Bertz CT molecular complexity index is 1620. The number of methoxy groups -OCH3 is 1. The predicted octanol–water partition coefficient (Wildman–Crippen LogP) is 3.49. The number of Topliss-reactive ketones (excluding diaryl/α,β-unsaturated/α-hetero) is 1. The average Bonchev–Trinajstić information content (AvgIpc) is 3.03. The molecule has 262 valence electrons. The van der Waals surface area contributed by atoms with Gasteiger partial charge in [-0.3, -0.25) is 18.6 Å². The van der Waals surface area contributed by atoms with Crippen LogP contribution in [0, 0.1) is 5.92 Å². The molecule has 1 fully saturated rings. The summed E-state index contributed by atoms with van der Waals surface area (Å²) in [6.07, 6.45) is -4.43. The standard InChI is InChI=1S/C31H33F3O13S/c1-13(2)45-30(40)44-12-18(35)14-9-17-23(20(10-14)46-21-8-7-15(11-43-21)47-48(41)31(32,33)34)29(39)25-24(27(17)37)26(36)16-5-4-6-19(42-3)22(16)28(25)38/h4-6,13-15,20-21,30,37,39-40H,7-12H2,1-3H3/t14?,15-,20-,21?,30?,48?/m0/s1. The Morgan fingerprint density at radius 1 is 1.08 bits per heavy atom. The number of rotatable bonds is 11. The molecule has 0 amide bonds. The van der Waals surface area contributed by atoms with Crippen molar-refractivity contribution in [1.82, 2.24) is 0 Å². The van der Waals surface area contributed by atoms with Crippen LogP contribution in [0.25, 0.3) is 0 Å². The third-order valence-corrected chi connectivity index (χ3v) is 8.99. The lowest BCUT2D eigenvalue weighted by Crippen LogP contribution is -2.38. The van der Waals surface area contributed by atoms with Crippen molar-refractivity contribution in [2.75, 3.05) is 20.3 Å². The van der Waals surface area contributed by atoms with Crippen LogP contribution in [-0.4, -0.2) is 87.7 Å². The summed E-state index contributed by atoms with van der Waals surface area (Å²) in [6.45, 7) is 0.531. The van der Waals surface area contributed by atoms with E-state index in [-0.39, 0.29) is 53.7 Å². The Labute approximate surface area is 274 Å². The third kappa shape index (κ3) is 7.12. The lowest BCUT2D eigenvalue weighted by atomic mass is 9.73. The largest absolute Gasteiger partial charge is 0.507 e. The Morgan fingerprint density at radius 2 is 1.79 bits per heavy atom. The molecule has 0 radical (unpaired) electrons. The first-order valence-electron chi connectivity index (χ1n) is 14.9. The average molecular weight is 703 g/mol. The minimum atomic E-state index is -5.08. The molecule has 2 aliphatic carbocycles.